The van der Waals surface area contributed by atoms with Gasteiger partial charge in [-0.1, -0.05) is 42.5 Å². The van der Waals surface area contributed by atoms with Crippen molar-refractivity contribution < 1.29 is 10.0 Å². The quantitative estimate of drug-likeness (QED) is 0.482. The highest BCUT2D eigenvalue weighted by atomic mass is 16.4. The average Bonchev–Trinajstić information content (AvgIpc) is 3.08. The summed E-state index contributed by atoms with van der Waals surface area (Å²) < 4.78 is 2.16. The summed E-state index contributed by atoms with van der Waals surface area (Å²) in [6.07, 6.45) is 3.63. The highest BCUT2D eigenvalue weighted by molar-refractivity contribution is 6.59. The minimum Gasteiger partial charge on any atom is -0.423 e. The van der Waals surface area contributed by atoms with Crippen molar-refractivity contribution in [3.05, 3.63) is 91.3 Å². The lowest BCUT2D eigenvalue weighted by molar-refractivity contribution is 0.426. The van der Waals surface area contributed by atoms with Crippen LogP contribution in [0.15, 0.2) is 91.3 Å². The summed E-state index contributed by atoms with van der Waals surface area (Å²) in [6.45, 7) is 0. The van der Waals surface area contributed by atoms with Gasteiger partial charge in [0, 0.05) is 34.4 Å². The van der Waals surface area contributed by atoms with E-state index in [2.05, 4.69) is 39.9 Å². The minimum absolute atomic E-state index is 0.472. The van der Waals surface area contributed by atoms with Crippen LogP contribution in [-0.4, -0.2) is 26.7 Å². The zero-order chi connectivity index (χ0) is 19.1. The van der Waals surface area contributed by atoms with Crippen LogP contribution >= 0.6 is 0 Å². The predicted molar refractivity (Wildman–Crippen MR) is 114 cm³/mol. The molecule has 5 rings (SSSR count). The third kappa shape index (κ3) is 2.69. The molecule has 0 radical (unpaired) electrons. The number of hydrogen-bond donors (Lipinski definition) is 2. The smallest absolute Gasteiger partial charge is 0.423 e. The Balaban J connectivity index is 1.85. The molecule has 0 spiro atoms. The predicted octanol–water partition coefficient (Wildman–Crippen LogP) is 3.53. The molecule has 5 heteroatoms. The molecule has 4 nitrogen and oxygen atoms in total. The first-order valence-corrected chi connectivity index (χ1v) is 9.12. The van der Waals surface area contributed by atoms with Crippen molar-refractivity contribution in [2.75, 3.05) is 0 Å². The molecule has 5 aromatic rings. The third-order valence-corrected chi connectivity index (χ3v) is 5.10. The lowest BCUT2D eigenvalue weighted by atomic mass is 9.80. The monoisotopic (exact) mass is 364 g/mol. The van der Waals surface area contributed by atoms with Gasteiger partial charge in [-0.3, -0.25) is 4.98 Å². The van der Waals surface area contributed by atoms with Crippen LogP contribution in [0.5, 0.6) is 0 Å². The van der Waals surface area contributed by atoms with Gasteiger partial charge in [-0.05, 0) is 47.4 Å². The van der Waals surface area contributed by atoms with Crippen LogP contribution in [0.3, 0.4) is 0 Å². The van der Waals surface area contributed by atoms with Crippen LogP contribution in [0.4, 0.5) is 0 Å². The van der Waals surface area contributed by atoms with Crippen LogP contribution in [0.2, 0.25) is 0 Å². The first-order chi connectivity index (χ1) is 13.7. The van der Waals surface area contributed by atoms with E-state index in [0.29, 0.717) is 5.46 Å². The molecule has 0 atom stereocenters. The van der Waals surface area contributed by atoms with Crippen molar-refractivity contribution >= 4 is 34.4 Å². The normalized spacial score (nSPS) is 11.2. The highest BCUT2D eigenvalue weighted by Gasteiger charge is 2.17. The van der Waals surface area contributed by atoms with E-state index < -0.39 is 7.12 Å². The van der Waals surface area contributed by atoms with E-state index in [1.54, 1.807) is 12.3 Å². The molecule has 0 saturated carbocycles. The molecule has 0 fully saturated rings. The standard InChI is InChI=1S/C23H17BN2O2/c27-24(28)18-9-10-20-21-13-16(17-5-4-12-25-15-17)8-11-22(21)26(23(20)14-18)19-6-2-1-3-7-19/h1-15,27-28H. The molecule has 0 unspecified atom stereocenters. The molecule has 0 amide bonds. The molecule has 0 saturated heterocycles. The van der Waals surface area contributed by atoms with Crippen LogP contribution in [-0.2, 0) is 0 Å². The van der Waals surface area contributed by atoms with Crippen molar-refractivity contribution in [2.45, 2.75) is 0 Å². The van der Waals surface area contributed by atoms with Crippen LogP contribution in [0.25, 0.3) is 38.6 Å². The minimum atomic E-state index is -1.50. The summed E-state index contributed by atoms with van der Waals surface area (Å²) in [5.41, 5.74) is 5.67. The van der Waals surface area contributed by atoms with Gasteiger partial charge in [0.1, 0.15) is 0 Å². The zero-order valence-electron chi connectivity index (χ0n) is 15.0. The van der Waals surface area contributed by atoms with Gasteiger partial charge >= 0.3 is 7.12 Å². The Morgan fingerprint density at radius 3 is 2.32 bits per heavy atom. The van der Waals surface area contributed by atoms with Crippen LogP contribution in [0, 0.1) is 0 Å². The van der Waals surface area contributed by atoms with Crippen molar-refractivity contribution in [1.29, 1.82) is 0 Å². The van der Waals surface area contributed by atoms with Crippen molar-refractivity contribution in [1.82, 2.24) is 9.55 Å². The van der Waals surface area contributed by atoms with Gasteiger partial charge in [-0.25, -0.2) is 0 Å². The van der Waals surface area contributed by atoms with Crippen LogP contribution < -0.4 is 5.46 Å². The van der Waals surface area contributed by atoms with E-state index >= 15 is 0 Å². The van der Waals surface area contributed by atoms with Crippen molar-refractivity contribution in [2.24, 2.45) is 0 Å². The van der Waals surface area contributed by atoms with Gasteiger partial charge in [-0.15, -0.1) is 0 Å². The Hall–Kier alpha value is -3.41. The Labute approximate surface area is 162 Å². The molecular formula is C23H17BN2O2. The number of hydrogen-bond acceptors (Lipinski definition) is 3. The Morgan fingerprint density at radius 1 is 0.714 bits per heavy atom. The molecular weight excluding hydrogens is 347 g/mol. The second-order valence-corrected chi connectivity index (χ2v) is 6.79. The number of aromatic nitrogens is 2. The molecule has 2 N–H and O–H groups in total. The van der Waals surface area contributed by atoms with E-state index in [-0.39, 0.29) is 0 Å². The number of para-hydroxylation sites is 1. The van der Waals surface area contributed by atoms with E-state index in [1.165, 1.54) is 0 Å². The summed E-state index contributed by atoms with van der Waals surface area (Å²) in [4.78, 5) is 4.23. The van der Waals surface area contributed by atoms with Gasteiger partial charge in [0.05, 0.1) is 11.0 Å². The molecule has 0 aliphatic rings. The Morgan fingerprint density at radius 2 is 1.57 bits per heavy atom. The lowest BCUT2D eigenvalue weighted by Crippen LogP contribution is -2.29. The number of rotatable bonds is 3. The fourth-order valence-corrected chi connectivity index (χ4v) is 3.77. The number of nitrogens with zero attached hydrogens (tertiary/aromatic N) is 2. The average molecular weight is 364 g/mol. The summed E-state index contributed by atoms with van der Waals surface area (Å²) in [5.74, 6) is 0. The summed E-state index contributed by atoms with van der Waals surface area (Å²) in [5, 5.41) is 21.5. The molecule has 0 bridgehead atoms. The zero-order valence-corrected chi connectivity index (χ0v) is 15.0. The van der Waals surface area contributed by atoms with Gasteiger partial charge < -0.3 is 14.6 Å². The second-order valence-electron chi connectivity index (χ2n) is 6.79. The molecule has 2 heterocycles. The first kappa shape index (κ1) is 16.7. The van der Waals surface area contributed by atoms with Gasteiger partial charge in [-0.2, -0.15) is 0 Å². The Bertz CT molecular complexity index is 1280. The fraction of sp³-hybridized carbons (Fsp3) is 0. The largest absolute Gasteiger partial charge is 0.488 e. The van der Waals surface area contributed by atoms with Gasteiger partial charge in [0.15, 0.2) is 0 Å². The molecule has 2 aromatic heterocycles. The van der Waals surface area contributed by atoms with Crippen molar-refractivity contribution in [3.63, 3.8) is 0 Å². The molecule has 0 aliphatic heterocycles. The number of pyridine rings is 1. The van der Waals surface area contributed by atoms with Gasteiger partial charge in [0.25, 0.3) is 0 Å². The highest BCUT2D eigenvalue weighted by Crippen LogP contribution is 2.34. The summed E-state index contributed by atoms with van der Waals surface area (Å²) >= 11 is 0. The summed E-state index contributed by atoms with van der Waals surface area (Å²) in [6, 6.07) is 26.0. The first-order valence-electron chi connectivity index (χ1n) is 9.12. The number of fused-ring (bicyclic) bond motifs is 3. The Kier molecular flexibility index (Phi) is 3.97. The topological polar surface area (TPSA) is 58.3 Å². The lowest BCUT2D eigenvalue weighted by Gasteiger charge is -2.09. The van der Waals surface area contributed by atoms with E-state index in [4.69, 9.17) is 0 Å². The second kappa shape index (κ2) is 6.64. The van der Waals surface area contributed by atoms with Gasteiger partial charge in [0.2, 0.25) is 0 Å². The molecule has 3 aromatic carbocycles. The molecule has 134 valence electrons. The number of benzene rings is 3. The maximum absolute atomic E-state index is 9.65. The maximum atomic E-state index is 9.65. The van der Waals surface area contributed by atoms with E-state index in [9.17, 15) is 10.0 Å². The van der Waals surface area contributed by atoms with Crippen LogP contribution in [0.1, 0.15) is 0 Å². The SMILES string of the molecule is OB(O)c1ccc2c3cc(-c4cccnc4)ccc3n(-c3ccccc3)c2c1. The summed E-state index contributed by atoms with van der Waals surface area (Å²) in [7, 11) is -1.50. The fourth-order valence-electron chi connectivity index (χ4n) is 3.77. The van der Waals surface area contributed by atoms with E-state index in [1.807, 2.05) is 48.7 Å². The van der Waals surface area contributed by atoms with Crippen molar-refractivity contribution in [3.8, 4) is 16.8 Å². The van der Waals surface area contributed by atoms with E-state index in [0.717, 1.165) is 38.6 Å². The maximum Gasteiger partial charge on any atom is 0.488 e. The molecule has 28 heavy (non-hydrogen) atoms. The third-order valence-electron chi connectivity index (χ3n) is 5.10. The molecule has 0 aliphatic carbocycles.